The molecule has 2 heterocycles. The lowest BCUT2D eigenvalue weighted by molar-refractivity contribution is -0.140. The summed E-state index contributed by atoms with van der Waals surface area (Å²) in [5.74, 6) is -0.303. The quantitative estimate of drug-likeness (QED) is 0.527. The standard InChI is InChI=1S/C22H23N3O5/c1-4-29-22(27)19-13-20(25(24-19)18-9-10-21(28-3)23-14-18)17-7-5-16(6-8-17)11-12-30-15(2)26/h5-10,13-14H,4,11-12H2,1-3H3. The number of carbonyl (C=O) groups excluding carboxylic acids is 2. The third-order valence-corrected chi connectivity index (χ3v) is 4.31. The van der Waals surface area contributed by atoms with E-state index < -0.39 is 5.97 Å². The first kappa shape index (κ1) is 21.0. The predicted molar refractivity (Wildman–Crippen MR) is 110 cm³/mol. The molecule has 0 atom stereocenters. The van der Waals surface area contributed by atoms with Gasteiger partial charge in [-0.25, -0.2) is 14.5 Å². The van der Waals surface area contributed by atoms with Crippen molar-refractivity contribution >= 4 is 11.9 Å². The van der Waals surface area contributed by atoms with Crippen LogP contribution in [-0.4, -0.2) is 47.0 Å². The van der Waals surface area contributed by atoms with Crippen LogP contribution in [0, 0.1) is 0 Å². The summed E-state index contributed by atoms with van der Waals surface area (Å²) in [5, 5.41) is 4.43. The van der Waals surface area contributed by atoms with Crippen molar-refractivity contribution in [3.05, 3.63) is 59.9 Å². The van der Waals surface area contributed by atoms with Crippen LogP contribution in [0.2, 0.25) is 0 Å². The van der Waals surface area contributed by atoms with Gasteiger partial charge < -0.3 is 14.2 Å². The summed E-state index contributed by atoms with van der Waals surface area (Å²) in [6.45, 7) is 3.73. The molecule has 3 aromatic rings. The Morgan fingerprint density at radius 2 is 1.83 bits per heavy atom. The molecule has 2 aromatic heterocycles. The summed E-state index contributed by atoms with van der Waals surface area (Å²) in [6, 6.07) is 13.0. The van der Waals surface area contributed by atoms with Crippen molar-refractivity contribution in [1.29, 1.82) is 0 Å². The Kier molecular flexibility index (Phi) is 6.79. The van der Waals surface area contributed by atoms with Crippen molar-refractivity contribution < 1.29 is 23.8 Å². The second kappa shape index (κ2) is 9.69. The zero-order chi connectivity index (χ0) is 21.5. The molecule has 8 nitrogen and oxygen atoms in total. The van der Waals surface area contributed by atoms with Gasteiger partial charge in [-0.3, -0.25) is 4.79 Å². The number of hydrogen-bond donors (Lipinski definition) is 0. The number of hydrogen-bond acceptors (Lipinski definition) is 7. The highest BCUT2D eigenvalue weighted by Gasteiger charge is 2.18. The molecule has 0 aliphatic carbocycles. The van der Waals surface area contributed by atoms with Gasteiger partial charge >= 0.3 is 11.9 Å². The van der Waals surface area contributed by atoms with Gasteiger partial charge in [-0.2, -0.15) is 5.10 Å². The zero-order valence-electron chi connectivity index (χ0n) is 17.1. The van der Waals surface area contributed by atoms with Crippen molar-refractivity contribution in [3.63, 3.8) is 0 Å². The molecule has 0 N–H and O–H groups in total. The Bertz CT molecular complexity index is 1010. The van der Waals surface area contributed by atoms with E-state index in [9.17, 15) is 9.59 Å². The average Bonchev–Trinajstić information content (AvgIpc) is 3.20. The van der Waals surface area contributed by atoms with Crippen LogP contribution in [0.15, 0.2) is 48.7 Å². The molecule has 0 spiro atoms. The summed E-state index contributed by atoms with van der Waals surface area (Å²) in [4.78, 5) is 27.4. The zero-order valence-corrected chi connectivity index (χ0v) is 17.1. The van der Waals surface area contributed by atoms with Gasteiger partial charge in [0.25, 0.3) is 0 Å². The van der Waals surface area contributed by atoms with E-state index in [1.165, 1.54) is 6.92 Å². The maximum atomic E-state index is 12.2. The van der Waals surface area contributed by atoms with Gasteiger partial charge in [-0.1, -0.05) is 24.3 Å². The largest absolute Gasteiger partial charge is 0.481 e. The summed E-state index contributed by atoms with van der Waals surface area (Å²) in [5.41, 5.74) is 3.51. The second-order valence-corrected chi connectivity index (χ2v) is 6.39. The molecule has 0 radical (unpaired) electrons. The van der Waals surface area contributed by atoms with E-state index in [-0.39, 0.29) is 18.3 Å². The van der Waals surface area contributed by atoms with E-state index in [1.807, 2.05) is 30.3 Å². The van der Waals surface area contributed by atoms with Crippen LogP contribution in [0.5, 0.6) is 5.88 Å². The summed E-state index contributed by atoms with van der Waals surface area (Å²) in [7, 11) is 1.54. The van der Waals surface area contributed by atoms with Gasteiger partial charge in [0, 0.05) is 25.0 Å². The molecule has 0 aliphatic rings. The van der Waals surface area contributed by atoms with Crippen LogP contribution in [0.1, 0.15) is 29.9 Å². The lowest BCUT2D eigenvalue weighted by Crippen LogP contribution is -2.07. The van der Waals surface area contributed by atoms with Gasteiger partial charge in [0.1, 0.15) is 0 Å². The van der Waals surface area contributed by atoms with Gasteiger partial charge in [0.05, 0.1) is 37.9 Å². The minimum atomic E-state index is -0.489. The fourth-order valence-corrected chi connectivity index (χ4v) is 2.86. The number of rotatable bonds is 8. The molecule has 8 heteroatoms. The van der Waals surface area contributed by atoms with Crippen LogP contribution < -0.4 is 4.74 Å². The normalized spacial score (nSPS) is 10.5. The maximum absolute atomic E-state index is 12.2. The molecule has 156 valence electrons. The summed E-state index contributed by atoms with van der Waals surface area (Å²) >= 11 is 0. The van der Waals surface area contributed by atoms with Gasteiger partial charge in [0.15, 0.2) is 5.69 Å². The molecule has 0 saturated heterocycles. The first-order chi connectivity index (χ1) is 14.5. The third kappa shape index (κ3) is 5.02. The average molecular weight is 409 g/mol. The molecule has 0 fully saturated rings. The van der Waals surface area contributed by atoms with E-state index >= 15 is 0 Å². The predicted octanol–water partition coefficient (Wildman–Crippen LogP) is 3.23. The van der Waals surface area contributed by atoms with Crippen LogP contribution in [0.4, 0.5) is 0 Å². The molecule has 30 heavy (non-hydrogen) atoms. The van der Waals surface area contributed by atoms with E-state index in [2.05, 4.69) is 10.1 Å². The van der Waals surface area contributed by atoms with Crippen LogP contribution in [0.3, 0.4) is 0 Å². The molecule has 0 saturated carbocycles. The molecule has 0 amide bonds. The first-order valence-corrected chi connectivity index (χ1v) is 9.52. The van der Waals surface area contributed by atoms with Gasteiger partial charge in [-0.15, -0.1) is 0 Å². The Morgan fingerprint density at radius 3 is 2.43 bits per heavy atom. The molecule has 3 rings (SSSR count). The Morgan fingerprint density at radius 1 is 1.07 bits per heavy atom. The first-order valence-electron chi connectivity index (χ1n) is 9.52. The lowest BCUT2D eigenvalue weighted by atomic mass is 10.1. The Hall–Kier alpha value is -3.68. The number of esters is 2. The number of methoxy groups -OCH3 is 1. The SMILES string of the molecule is CCOC(=O)c1cc(-c2ccc(CCOC(C)=O)cc2)n(-c2ccc(OC)nc2)n1. The topological polar surface area (TPSA) is 92.5 Å². The minimum absolute atomic E-state index is 0.210. The maximum Gasteiger partial charge on any atom is 0.358 e. The number of aromatic nitrogens is 3. The van der Waals surface area contributed by atoms with Gasteiger partial charge in [-0.05, 0) is 24.6 Å². The van der Waals surface area contributed by atoms with E-state index in [0.717, 1.165) is 16.8 Å². The number of carbonyl (C=O) groups is 2. The number of pyridine rings is 1. The van der Waals surface area contributed by atoms with Crippen LogP contribution in [-0.2, 0) is 20.7 Å². The second-order valence-electron chi connectivity index (χ2n) is 6.39. The fourth-order valence-electron chi connectivity index (χ4n) is 2.86. The van der Waals surface area contributed by atoms with Crippen LogP contribution in [0.25, 0.3) is 16.9 Å². The summed E-state index contributed by atoms with van der Waals surface area (Å²) in [6.07, 6.45) is 2.24. The van der Waals surface area contributed by atoms with E-state index in [0.29, 0.717) is 24.6 Å². The highest BCUT2D eigenvalue weighted by molar-refractivity contribution is 5.89. The smallest absolute Gasteiger partial charge is 0.358 e. The van der Waals surface area contributed by atoms with Crippen molar-refractivity contribution in [2.45, 2.75) is 20.3 Å². The lowest BCUT2D eigenvalue weighted by Gasteiger charge is -2.09. The monoisotopic (exact) mass is 409 g/mol. The van der Waals surface area contributed by atoms with E-state index in [4.69, 9.17) is 14.2 Å². The molecular formula is C22H23N3O5. The van der Waals surface area contributed by atoms with Crippen molar-refractivity contribution in [2.24, 2.45) is 0 Å². The molecule has 0 unspecified atom stereocenters. The van der Waals surface area contributed by atoms with Gasteiger partial charge in [0.2, 0.25) is 5.88 Å². The third-order valence-electron chi connectivity index (χ3n) is 4.31. The van der Waals surface area contributed by atoms with E-state index in [1.54, 1.807) is 37.0 Å². The van der Waals surface area contributed by atoms with Crippen molar-refractivity contribution in [2.75, 3.05) is 20.3 Å². The van der Waals surface area contributed by atoms with Crippen molar-refractivity contribution in [3.8, 4) is 22.8 Å². The summed E-state index contributed by atoms with van der Waals surface area (Å²) < 4.78 is 16.8. The highest BCUT2D eigenvalue weighted by Crippen LogP contribution is 2.25. The molecule has 0 aliphatic heterocycles. The molecule has 1 aromatic carbocycles. The van der Waals surface area contributed by atoms with Crippen LogP contribution >= 0.6 is 0 Å². The number of benzene rings is 1. The highest BCUT2D eigenvalue weighted by atomic mass is 16.5. The Balaban J connectivity index is 1.93. The van der Waals surface area contributed by atoms with Crippen molar-refractivity contribution in [1.82, 2.24) is 14.8 Å². The minimum Gasteiger partial charge on any atom is -0.481 e. The molecule has 0 bridgehead atoms. The fraction of sp³-hybridized carbons (Fsp3) is 0.273. The Labute approximate surface area is 174 Å². The number of nitrogens with zero attached hydrogens (tertiary/aromatic N) is 3. The number of ether oxygens (including phenoxy) is 3. The molecular weight excluding hydrogens is 386 g/mol.